The van der Waals surface area contributed by atoms with E-state index in [9.17, 15) is 4.79 Å². The Morgan fingerprint density at radius 1 is 0.621 bits per heavy atom. The van der Waals surface area contributed by atoms with Gasteiger partial charge in [0.25, 0.3) is 0 Å². The minimum atomic E-state index is -1.79. The molecule has 0 aliphatic rings. The molecule has 0 bridgehead atoms. The predicted octanol–water partition coefficient (Wildman–Crippen LogP) is 2.08. The Bertz CT molecular complexity index is 314. The second-order valence-corrected chi connectivity index (χ2v) is 7.68. The molecule has 29 heavy (non-hydrogen) atoms. The Balaban J connectivity index is 0. The van der Waals surface area contributed by atoms with Gasteiger partial charge < -0.3 is 35.4 Å². The third-order valence-corrected chi connectivity index (χ3v) is 4.93. The van der Waals surface area contributed by atoms with E-state index in [1.54, 1.807) is 0 Å². The third-order valence-electron chi connectivity index (χ3n) is 4.93. The summed E-state index contributed by atoms with van der Waals surface area (Å²) in [5, 5.41) is 52.2. The van der Waals surface area contributed by atoms with Crippen molar-refractivity contribution >= 4 is 6.29 Å². The first-order valence-electron chi connectivity index (χ1n) is 11.3. The van der Waals surface area contributed by atoms with Gasteiger partial charge in [0, 0.05) is 6.61 Å². The fourth-order valence-corrected chi connectivity index (χ4v) is 2.92. The lowest BCUT2D eigenvalue weighted by atomic mass is 10.0. The SMILES string of the molecule is CCCCCCCCCCCCCCCCO.O=CC(O)C(O)C(O)C(O)CO. The van der Waals surface area contributed by atoms with Gasteiger partial charge in [-0.3, -0.25) is 0 Å². The summed E-state index contributed by atoms with van der Waals surface area (Å²) < 4.78 is 0. The molecular formula is C22H46O7. The predicted molar refractivity (Wildman–Crippen MR) is 115 cm³/mol. The molecule has 7 heteroatoms. The van der Waals surface area contributed by atoms with Crippen molar-refractivity contribution in [2.45, 2.75) is 121 Å². The minimum Gasteiger partial charge on any atom is -0.396 e. The first kappa shape index (κ1) is 30.6. The molecule has 0 saturated carbocycles. The summed E-state index contributed by atoms with van der Waals surface area (Å²) in [6.45, 7) is 1.89. The summed E-state index contributed by atoms with van der Waals surface area (Å²) in [6, 6.07) is 0. The van der Waals surface area contributed by atoms with E-state index < -0.39 is 31.0 Å². The van der Waals surface area contributed by atoms with Crippen LogP contribution in [0, 0.1) is 0 Å². The molecule has 4 unspecified atom stereocenters. The van der Waals surface area contributed by atoms with Crippen molar-refractivity contribution in [2.24, 2.45) is 0 Å². The molecule has 0 spiro atoms. The first-order valence-corrected chi connectivity index (χ1v) is 11.3. The lowest BCUT2D eigenvalue weighted by molar-refractivity contribution is -0.136. The lowest BCUT2D eigenvalue weighted by Gasteiger charge is -2.22. The maximum Gasteiger partial charge on any atom is 0.151 e. The highest BCUT2D eigenvalue weighted by atomic mass is 16.4. The second kappa shape index (κ2) is 23.7. The number of hydrogen-bond acceptors (Lipinski definition) is 7. The molecule has 7 nitrogen and oxygen atoms in total. The highest BCUT2D eigenvalue weighted by Gasteiger charge is 2.29. The van der Waals surface area contributed by atoms with Crippen LogP contribution in [0.4, 0.5) is 0 Å². The Morgan fingerprint density at radius 3 is 1.31 bits per heavy atom. The molecule has 0 aliphatic carbocycles. The third kappa shape index (κ3) is 20.5. The van der Waals surface area contributed by atoms with Crippen molar-refractivity contribution in [1.82, 2.24) is 0 Å². The standard InChI is InChI=1S/C16H34O.C6H12O6/c1-2-3-4-5-6-7-8-9-10-11-12-13-14-15-16-17;7-1-3(9)5(11)6(12)4(10)2-8/h17H,2-16H2,1H3;1,3-6,8-12H,2H2. The number of unbranched alkanes of at least 4 members (excludes halogenated alkanes) is 13. The first-order chi connectivity index (χ1) is 14.0. The molecule has 0 aromatic heterocycles. The summed E-state index contributed by atoms with van der Waals surface area (Å²) in [6.07, 6.45) is 12.4. The maximum absolute atomic E-state index is 9.90. The molecular weight excluding hydrogens is 376 g/mol. The summed E-state index contributed by atoms with van der Waals surface area (Å²) in [5.74, 6) is 0. The van der Waals surface area contributed by atoms with Crippen LogP contribution in [-0.4, -0.2) is 74.6 Å². The van der Waals surface area contributed by atoms with Gasteiger partial charge in [0.15, 0.2) is 6.29 Å². The topological polar surface area (TPSA) is 138 Å². The fraction of sp³-hybridized carbons (Fsp3) is 0.955. The lowest BCUT2D eigenvalue weighted by Crippen LogP contribution is -2.46. The van der Waals surface area contributed by atoms with Crippen molar-refractivity contribution in [1.29, 1.82) is 0 Å². The van der Waals surface area contributed by atoms with Gasteiger partial charge in [-0.2, -0.15) is 0 Å². The van der Waals surface area contributed by atoms with Crippen LogP contribution in [0.25, 0.3) is 0 Å². The van der Waals surface area contributed by atoms with Gasteiger partial charge in [-0.25, -0.2) is 0 Å². The highest BCUT2D eigenvalue weighted by molar-refractivity contribution is 5.56. The van der Waals surface area contributed by atoms with Crippen molar-refractivity contribution in [2.75, 3.05) is 13.2 Å². The molecule has 0 aromatic rings. The van der Waals surface area contributed by atoms with Crippen LogP contribution in [0.1, 0.15) is 96.8 Å². The van der Waals surface area contributed by atoms with E-state index in [1.165, 1.54) is 83.5 Å². The Hall–Kier alpha value is -0.570. The maximum atomic E-state index is 9.90. The van der Waals surface area contributed by atoms with E-state index in [2.05, 4.69) is 6.92 Å². The van der Waals surface area contributed by atoms with Crippen molar-refractivity contribution in [3.63, 3.8) is 0 Å². The van der Waals surface area contributed by atoms with Gasteiger partial charge in [-0.1, -0.05) is 90.4 Å². The van der Waals surface area contributed by atoms with E-state index in [0.29, 0.717) is 6.61 Å². The van der Waals surface area contributed by atoms with E-state index in [1.807, 2.05) is 0 Å². The fourth-order valence-electron chi connectivity index (χ4n) is 2.92. The van der Waals surface area contributed by atoms with Crippen LogP contribution in [0.3, 0.4) is 0 Å². The van der Waals surface area contributed by atoms with Gasteiger partial charge in [-0.15, -0.1) is 0 Å². The zero-order valence-corrected chi connectivity index (χ0v) is 18.3. The molecule has 0 fully saturated rings. The summed E-state index contributed by atoms with van der Waals surface area (Å²) in [5.41, 5.74) is 0. The van der Waals surface area contributed by atoms with Crippen molar-refractivity contribution in [3.05, 3.63) is 0 Å². The number of aldehydes is 1. The number of carbonyl (C=O) groups excluding carboxylic acids is 1. The summed E-state index contributed by atoms with van der Waals surface area (Å²) in [7, 11) is 0. The molecule has 0 radical (unpaired) electrons. The minimum absolute atomic E-state index is 0.0258. The highest BCUT2D eigenvalue weighted by Crippen LogP contribution is 2.12. The molecule has 0 aromatic carbocycles. The van der Waals surface area contributed by atoms with Gasteiger partial charge in [0.2, 0.25) is 0 Å². The molecule has 4 atom stereocenters. The molecule has 6 N–H and O–H groups in total. The molecule has 176 valence electrons. The van der Waals surface area contributed by atoms with E-state index in [4.69, 9.17) is 30.6 Å². The Kier molecular flexibility index (Phi) is 25.0. The summed E-state index contributed by atoms with van der Waals surface area (Å²) >= 11 is 0. The van der Waals surface area contributed by atoms with Gasteiger partial charge in [0.05, 0.1) is 6.61 Å². The van der Waals surface area contributed by atoms with Crippen molar-refractivity contribution in [3.8, 4) is 0 Å². The van der Waals surface area contributed by atoms with Crippen molar-refractivity contribution < 1.29 is 35.4 Å². The zero-order valence-electron chi connectivity index (χ0n) is 18.3. The normalized spacial score (nSPS) is 15.1. The monoisotopic (exact) mass is 422 g/mol. The number of carbonyl (C=O) groups is 1. The number of hydrogen-bond donors (Lipinski definition) is 6. The number of aliphatic hydroxyl groups is 6. The summed E-state index contributed by atoms with van der Waals surface area (Å²) in [4.78, 5) is 9.90. The molecule has 0 saturated heterocycles. The van der Waals surface area contributed by atoms with Gasteiger partial charge >= 0.3 is 0 Å². The molecule has 0 heterocycles. The number of rotatable bonds is 19. The second-order valence-electron chi connectivity index (χ2n) is 7.68. The quantitative estimate of drug-likeness (QED) is 0.138. The smallest absolute Gasteiger partial charge is 0.151 e. The Morgan fingerprint density at radius 2 is 1.00 bits per heavy atom. The van der Waals surface area contributed by atoms with Crippen LogP contribution >= 0.6 is 0 Å². The Labute approximate surface area is 176 Å². The average Bonchev–Trinajstić information content (AvgIpc) is 2.75. The van der Waals surface area contributed by atoms with E-state index in [-0.39, 0.29) is 6.29 Å². The molecule has 0 amide bonds. The van der Waals surface area contributed by atoms with Gasteiger partial charge in [-0.05, 0) is 6.42 Å². The van der Waals surface area contributed by atoms with Crippen LogP contribution < -0.4 is 0 Å². The molecule has 0 aliphatic heterocycles. The number of aliphatic hydroxyl groups excluding tert-OH is 6. The largest absolute Gasteiger partial charge is 0.396 e. The van der Waals surface area contributed by atoms with Crippen LogP contribution in [0.5, 0.6) is 0 Å². The van der Waals surface area contributed by atoms with Gasteiger partial charge in [0.1, 0.15) is 24.4 Å². The molecule has 0 rings (SSSR count). The van der Waals surface area contributed by atoms with Crippen LogP contribution in [0.2, 0.25) is 0 Å². The van der Waals surface area contributed by atoms with E-state index >= 15 is 0 Å². The average molecular weight is 423 g/mol. The van der Waals surface area contributed by atoms with Crippen LogP contribution in [0.15, 0.2) is 0 Å². The van der Waals surface area contributed by atoms with Crippen LogP contribution in [-0.2, 0) is 4.79 Å². The van der Waals surface area contributed by atoms with E-state index in [0.717, 1.165) is 6.42 Å². The zero-order chi connectivity index (χ0) is 22.3.